The molecule has 0 radical (unpaired) electrons. The maximum absolute atomic E-state index is 13.0. The smallest absolute Gasteiger partial charge is 0.356 e. The van der Waals surface area contributed by atoms with Gasteiger partial charge in [0.25, 0.3) is 11.8 Å². The number of aliphatic hydroxyl groups excluding tert-OH is 3. The molecule has 0 aromatic carbocycles. The number of aliphatic hydroxyl groups is 3. The van der Waals surface area contributed by atoms with Crippen LogP contribution in [0, 0.1) is 20.8 Å². The lowest BCUT2D eigenvalue weighted by molar-refractivity contribution is 0.0492. The number of nitrogens with one attached hydrogen (secondary N) is 2. The molecule has 7 N–H and O–H groups in total. The van der Waals surface area contributed by atoms with E-state index in [0.717, 1.165) is 63.7 Å². The number of pyridine rings is 6. The van der Waals surface area contributed by atoms with Gasteiger partial charge in [-0.1, -0.05) is 93.9 Å². The number of rotatable bonds is 20. The van der Waals surface area contributed by atoms with Gasteiger partial charge in [0, 0.05) is 53.4 Å². The third kappa shape index (κ3) is 20.0. The Balaban J connectivity index is 0.000000171. The Bertz CT molecular complexity index is 4790. The molecule has 12 rings (SSSR count). The van der Waals surface area contributed by atoms with Gasteiger partial charge >= 0.3 is 5.97 Å². The minimum absolute atomic E-state index is 0.0197. The summed E-state index contributed by atoms with van der Waals surface area (Å²) in [6.45, 7) is 32.4. The SMILES string of the molecule is CC(CO)n1nnnc1-c1cccc(N)n1.CCCCOC(=O)c1cc(-n2cnc(C(C)(C)C)c2)c(C)cn1.Cc1cnc(C(=O)Nc2cccc(-c3nnnn3C(C)CO)n2)cc1-n1cnc(C(C)(C)C)c1.Cc1cnc(C(=O)Nc2cccc(-c3nnnn3[C@H](C)CO)n2)cc1-n1cnc(C(C)(C)C)c1. The van der Waals surface area contributed by atoms with Crippen LogP contribution in [0.25, 0.3) is 51.6 Å². The average molecular weight is 1460 g/mol. The first-order valence-electron chi connectivity index (χ1n) is 34.6. The zero-order chi connectivity index (χ0) is 77.5. The summed E-state index contributed by atoms with van der Waals surface area (Å²) in [5.74, 6) is 1.17. The predicted octanol–water partition coefficient (Wildman–Crippen LogP) is 9.16. The highest BCUT2D eigenvalue weighted by Crippen LogP contribution is 2.28. The lowest BCUT2D eigenvalue weighted by Crippen LogP contribution is -2.16. The molecule has 0 spiro atoms. The molecule has 2 amide bonds. The number of tetrazole rings is 3. The van der Waals surface area contributed by atoms with Crippen LogP contribution in [0.1, 0.15) is 186 Å². The second kappa shape index (κ2) is 34.6. The van der Waals surface area contributed by atoms with Crippen molar-refractivity contribution in [2.45, 2.75) is 158 Å². The number of amides is 2. The number of aromatic nitrogens is 24. The maximum Gasteiger partial charge on any atom is 0.356 e. The molecule has 12 aromatic rings. The molecule has 107 heavy (non-hydrogen) atoms. The molecule has 0 aliphatic carbocycles. The maximum atomic E-state index is 13.0. The van der Waals surface area contributed by atoms with Crippen LogP contribution in [0.4, 0.5) is 17.5 Å². The molecule has 34 heteroatoms. The average Bonchev–Trinajstić information content (AvgIpc) is 1.77. The number of anilines is 3. The van der Waals surface area contributed by atoms with Crippen LogP contribution >= 0.6 is 0 Å². The lowest BCUT2D eigenvalue weighted by Gasteiger charge is -2.14. The summed E-state index contributed by atoms with van der Waals surface area (Å²) in [4.78, 5) is 77.3. The van der Waals surface area contributed by atoms with Gasteiger partial charge in [-0.2, -0.15) is 0 Å². The van der Waals surface area contributed by atoms with Crippen molar-refractivity contribution in [1.29, 1.82) is 0 Å². The predicted molar refractivity (Wildman–Crippen MR) is 398 cm³/mol. The van der Waals surface area contributed by atoms with Gasteiger partial charge < -0.3 is 50.1 Å². The molecule has 2 unspecified atom stereocenters. The fraction of sp³-hybridized carbons (Fsp3) is 0.384. The molecular formula is C73H91N27O7. The number of nitrogen functional groups attached to an aromatic ring is 1. The molecule has 560 valence electrons. The van der Waals surface area contributed by atoms with E-state index in [-0.39, 0.29) is 71.5 Å². The molecule has 3 atom stereocenters. The van der Waals surface area contributed by atoms with Gasteiger partial charge in [-0.15, -0.1) is 15.3 Å². The van der Waals surface area contributed by atoms with E-state index in [2.05, 4.69) is 171 Å². The number of imidazole rings is 3. The highest BCUT2D eigenvalue weighted by Gasteiger charge is 2.25. The van der Waals surface area contributed by atoms with Crippen LogP contribution in [0.2, 0.25) is 0 Å². The van der Waals surface area contributed by atoms with Gasteiger partial charge in [-0.05, 0) is 151 Å². The highest BCUT2D eigenvalue weighted by atomic mass is 16.5. The normalized spacial score (nSPS) is 12.3. The van der Waals surface area contributed by atoms with Crippen LogP contribution in [-0.2, 0) is 21.0 Å². The van der Waals surface area contributed by atoms with Crippen molar-refractivity contribution in [2.24, 2.45) is 0 Å². The Morgan fingerprint density at radius 3 is 1.15 bits per heavy atom. The van der Waals surface area contributed by atoms with Crippen molar-refractivity contribution >= 4 is 35.2 Å². The number of carbonyl (C=O) groups excluding carboxylic acids is 3. The lowest BCUT2D eigenvalue weighted by atomic mass is 9.93. The summed E-state index contributed by atoms with van der Waals surface area (Å²) in [5, 5.41) is 68.0. The van der Waals surface area contributed by atoms with Gasteiger partial charge in [0.2, 0.25) is 17.5 Å². The van der Waals surface area contributed by atoms with Crippen molar-refractivity contribution in [1.82, 2.24) is 119 Å². The van der Waals surface area contributed by atoms with Crippen molar-refractivity contribution in [3.05, 3.63) is 180 Å². The summed E-state index contributed by atoms with van der Waals surface area (Å²) >= 11 is 0. The zero-order valence-corrected chi connectivity index (χ0v) is 62.9. The monoisotopic (exact) mass is 1460 g/mol. The number of hydrogen-bond donors (Lipinski definition) is 6. The third-order valence-electron chi connectivity index (χ3n) is 16.5. The molecule has 0 saturated carbocycles. The Labute approximate surface area is 618 Å². The number of esters is 1. The Hall–Kier alpha value is -12.2. The van der Waals surface area contributed by atoms with E-state index >= 15 is 0 Å². The van der Waals surface area contributed by atoms with Crippen LogP contribution in [0.3, 0.4) is 0 Å². The molecule has 0 aliphatic heterocycles. The minimum Gasteiger partial charge on any atom is -0.461 e. The minimum atomic E-state index is -0.398. The van der Waals surface area contributed by atoms with Crippen LogP contribution < -0.4 is 16.4 Å². The molecule has 12 heterocycles. The van der Waals surface area contributed by atoms with Gasteiger partial charge in [-0.3, -0.25) is 19.6 Å². The summed E-state index contributed by atoms with van der Waals surface area (Å²) in [6.07, 6.45) is 18.1. The number of ether oxygens (including phenoxy) is 1. The standard InChI is InChI=1S/2C23H27N9O2.C18H25N3O2.C9H12N6O/c2*1-14-10-24-17(9-18(14)31-11-19(25-13-31)23(3,4)5)22(34)27-20-8-6-7-16(26-20)21-28-29-30-32(21)15(2)12-33;1-6-7-8-23-17(22)14-9-15(13(2)10-19-14)21-11-16(20-12-21)18(3,4)5;1-6(5-16)15-9(12-13-14-15)7-3-2-4-8(10)11-7/h2*6-11,13,15,33H,12H2,1-5H3,(H,26,27,34);9-12H,6-8H2,1-5H3;2-4,6,16H,5H2,1H3,(H2,10,11)/t15-;;;/m1.../s1. The van der Waals surface area contributed by atoms with E-state index in [1.165, 1.54) is 14.0 Å². The topological polar surface area (TPSA) is 433 Å². The molecule has 0 bridgehead atoms. The number of unbranched alkanes of at least 4 members (excludes halogenated alkanes) is 1. The summed E-state index contributed by atoms with van der Waals surface area (Å²) in [6, 6.07) is 19.9. The molecule has 0 aliphatic rings. The number of nitrogens with two attached hydrogens (primary N) is 1. The van der Waals surface area contributed by atoms with Crippen molar-refractivity contribution in [3.8, 4) is 51.6 Å². The van der Waals surface area contributed by atoms with E-state index in [9.17, 15) is 24.6 Å². The molecule has 12 aromatic heterocycles. The first-order valence-corrected chi connectivity index (χ1v) is 34.6. The Kier molecular flexibility index (Phi) is 25.5. The van der Waals surface area contributed by atoms with Gasteiger partial charge in [-0.25, -0.2) is 53.7 Å². The van der Waals surface area contributed by atoms with Crippen LogP contribution in [0.15, 0.2) is 129 Å². The number of aryl methyl sites for hydroxylation is 3. The Morgan fingerprint density at radius 1 is 0.486 bits per heavy atom. The van der Waals surface area contributed by atoms with Crippen molar-refractivity contribution < 1.29 is 34.4 Å². The van der Waals surface area contributed by atoms with Gasteiger partial charge in [0.1, 0.15) is 51.6 Å². The van der Waals surface area contributed by atoms with E-state index in [1.54, 1.807) is 124 Å². The van der Waals surface area contributed by atoms with Crippen LogP contribution in [-0.4, -0.2) is 179 Å². The van der Waals surface area contributed by atoms with E-state index < -0.39 is 11.8 Å². The summed E-state index contributed by atoms with van der Waals surface area (Å²) in [5.41, 5.74) is 16.0. The fourth-order valence-corrected chi connectivity index (χ4v) is 10.0. The van der Waals surface area contributed by atoms with Crippen molar-refractivity contribution in [2.75, 3.05) is 42.8 Å². The van der Waals surface area contributed by atoms with Gasteiger partial charge in [0.15, 0.2) is 0 Å². The van der Waals surface area contributed by atoms with E-state index in [1.807, 2.05) is 60.0 Å². The van der Waals surface area contributed by atoms with Crippen molar-refractivity contribution in [3.63, 3.8) is 0 Å². The largest absolute Gasteiger partial charge is 0.461 e. The first-order chi connectivity index (χ1) is 50.9. The first kappa shape index (κ1) is 79.0. The summed E-state index contributed by atoms with van der Waals surface area (Å²) in [7, 11) is 0. The van der Waals surface area contributed by atoms with Gasteiger partial charge in [0.05, 0.1) is 97.7 Å². The third-order valence-corrected chi connectivity index (χ3v) is 16.5. The second-order valence-corrected chi connectivity index (χ2v) is 28.4. The highest BCUT2D eigenvalue weighted by molar-refractivity contribution is 6.03. The van der Waals surface area contributed by atoms with E-state index in [0.29, 0.717) is 64.3 Å². The molecule has 34 nitrogen and oxygen atoms in total. The molecular weight excluding hydrogens is 1370 g/mol. The zero-order valence-electron chi connectivity index (χ0n) is 62.9. The second-order valence-electron chi connectivity index (χ2n) is 28.4. The Morgan fingerprint density at radius 2 is 0.822 bits per heavy atom. The van der Waals surface area contributed by atoms with Crippen LogP contribution in [0.5, 0.6) is 0 Å². The molecule has 0 saturated heterocycles. The number of carbonyl (C=O) groups is 3. The summed E-state index contributed by atoms with van der Waals surface area (Å²) < 4.78 is 15.4. The number of nitrogens with zero attached hydrogens (tertiary/aromatic N) is 24. The quantitative estimate of drug-likeness (QED) is 0.0306. The van der Waals surface area contributed by atoms with E-state index in [4.69, 9.17) is 15.6 Å². The fourth-order valence-electron chi connectivity index (χ4n) is 10.0. The molecule has 0 fully saturated rings. The number of hydrogen-bond acceptors (Lipinski definition) is 26.